The van der Waals surface area contributed by atoms with Gasteiger partial charge in [0, 0.05) is 26.7 Å². The number of nitrogens with zero attached hydrogens (tertiary/aromatic N) is 1. The largest absolute Gasteiger partial charge is 0.383 e. The summed E-state index contributed by atoms with van der Waals surface area (Å²) >= 11 is 0. The van der Waals surface area contributed by atoms with E-state index in [1.807, 2.05) is 0 Å². The van der Waals surface area contributed by atoms with Crippen LogP contribution in [0.4, 0.5) is 0 Å². The van der Waals surface area contributed by atoms with Crippen LogP contribution >= 0.6 is 0 Å². The van der Waals surface area contributed by atoms with Crippen LogP contribution in [0.15, 0.2) is 0 Å². The van der Waals surface area contributed by atoms with Crippen molar-refractivity contribution in [3.63, 3.8) is 0 Å². The van der Waals surface area contributed by atoms with E-state index < -0.39 is 0 Å². The van der Waals surface area contributed by atoms with Crippen LogP contribution in [-0.2, 0) is 9.53 Å². The van der Waals surface area contributed by atoms with Gasteiger partial charge in [-0.05, 0) is 11.8 Å². The summed E-state index contributed by atoms with van der Waals surface area (Å²) in [6, 6.07) is 0. The Bertz CT molecular complexity index is 196. The summed E-state index contributed by atoms with van der Waals surface area (Å²) in [5.74, 6) is 1.25. The van der Waals surface area contributed by atoms with Gasteiger partial charge in [0.25, 0.3) is 0 Å². The lowest BCUT2D eigenvalue weighted by atomic mass is 10.1. The summed E-state index contributed by atoms with van der Waals surface area (Å²) in [5, 5.41) is 2.85. The van der Waals surface area contributed by atoms with Gasteiger partial charge in [-0.25, -0.2) is 0 Å². The monoisotopic (exact) mass is 244 g/mol. The first kappa shape index (κ1) is 16.4. The van der Waals surface area contributed by atoms with E-state index in [9.17, 15) is 4.79 Å². The molecule has 0 aromatic carbocycles. The number of nitrogens with one attached hydrogen (secondary N) is 1. The summed E-state index contributed by atoms with van der Waals surface area (Å²) < 4.78 is 4.90. The fourth-order valence-corrected chi connectivity index (χ4v) is 1.79. The number of carbonyl (C=O) groups excluding carboxylic acids is 1. The Morgan fingerprint density at radius 2 is 1.71 bits per heavy atom. The summed E-state index contributed by atoms with van der Waals surface area (Å²) in [7, 11) is 1.63. The molecule has 0 aromatic rings. The van der Waals surface area contributed by atoms with Crippen molar-refractivity contribution < 1.29 is 9.53 Å². The van der Waals surface area contributed by atoms with Crippen LogP contribution < -0.4 is 5.32 Å². The normalized spacial score (nSPS) is 11.5. The van der Waals surface area contributed by atoms with Crippen LogP contribution in [0.3, 0.4) is 0 Å². The van der Waals surface area contributed by atoms with Gasteiger partial charge in [0.05, 0.1) is 13.2 Å². The van der Waals surface area contributed by atoms with Crippen LogP contribution in [0.1, 0.15) is 27.7 Å². The third-order valence-corrected chi connectivity index (χ3v) is 2.24. The lowest BCUT2D eigenvalue weighted by Crippen LogP contribution is -2.41. The number of rotatable bonds is 9. The highest BCUT2D eigenvalue weighted by atomic mass is 16.5. The molecule has 0 fully saturated rings. The van der Waals surface area contributed by atoms with Gasteiger partial charge in [-0.3, -0.25) is 9.69 Å². The molecule has 0 heterocycles. The van der Waals surface area contributed by atoms with E-state index in [2.05, 4.69) is 37.9 Å². The standard InChI is InChI=1S/C13H28N2O2/c1-11(2)8-15(9-12(3)4)10-13(16)14-6-7-17-5/h11-12H,6-10H2,1-5H3,(H,14,16). The second kappa shape index (κ2) is 9.42. The van der Waals surface area contributed by atoms with Gasteiger partial charge in [-0.15, -0.1) is 0 Å². The Labute approximate surface area is 106 Å². The summed E-state index contributed by atoms with van der Waals surface area (Å²) in [6.07, 6.45) is 0. The Hall–Kier alpha value is -0.610. The average molecular weight is 244 g/mol. The minimum absolute atomic E-state index is 0.0864. The highest BCUT2D eigenvalue weighted by Gasteiger charge is 2.13. The van der Waals surface area contributed by atoms with E-state index in [1.165, 1.54) is 0 Å². The third kappa shape index (κ3) is 10.3. The summed E-state index contributed by atoms with van der Waals surface area (Å²) in [6.45, 7) is 12.3. The van der Waals surface area contributed by atoms with Gasteiger partial charge in [0.2, 0.25) is 5.91 Å². The highest BCUT2D eigenvalue weighted by molar-refractivity contribution is 5.77. The zero-order valence-electron chi connectivity index (χ0n) is 12.0. The molecule has 4 heteroatoms. The molecule has 0 rings (SSSR count). The molecule has 102 valence electrons. The van der Waals surface area contributed by atoms with E-state index in [4.69, 9.17) is 4.74 Å². The van der Waals surface area contributed by atoms with Crippen molar-refractivity contribution in [1.29, 1.82) is 0 Å². The van der Waals surface area contributed by atoms with Crippen molar-refractivity contribution in [3.8, 4) is 0 Å². The lowest BCUT2D eigenvalue weighted by molar-refractivity contribution is -0.122. The molecule has 0 aliphatic rings. The Morgan fingerprint density at radius 3 is 2.12 bits per heavy atom. The number of methoxy groups -OCH3 is 1. The zero-order valence-corrected chi connectivity index (χ0v) is 12.0. The third-order valence-electron chi connectivity index (χ3n) is 2.24. The van der Waals surface area contributed by atoms with Crippen molar-refractivity contribution in [2.75, 3.05) is 39.9 Å². The molecule has 0 unspecified atom stereocenters. The van der Waals surface area contributed by atoms with Crippen molar-refractivity contribution >= 4 is 5.91 Å². The van der Waals surface area contributed by atoms with Crippen molar-refractivity contribution in [1.82, 2.24) is 10.2 Å². The minimum Gasteiger partial charge on any atom is -0.383 e. The molecule has 0 aliphatic heterocycles. The van der Waals surface area contributed by atoms with Gasteiger partial charge in [0.15, 0.2) is 0 Å². The maximum Gasteiger partial charge on any atom is 0.234 e. The quantitative estimate of drug-likeness (QED) is 0.623. The smallest absolute Gasteiger partial charge is 0.234 e. The molecule has 0 radical (unpaired) electrons. The van der Waals surface area contributed by atoms with Gasteiger partial charge in [-0.1, -0.05) is 27.7 Å². The number of hydrogen-bond acceptors (Lipinski definition) is 3. The molecule has 0 spiro atoms. The fourth-order valence-electron chi connectivity index (χ4n) is 1.79. The predicted molar refractivity (Wildman–Crippen MR) is 71.0 cm³/mol. The van der Waals surface area contributed by atoms with Crippen LogP contribution in [0.5, 0.6) is 0 Å². The number of ether oxygens (including phenoxy) is 1. The Morgan fingerprint density at radius 1 is 1.18 bits per heavy atom. The Balaban J connectivity index is 3.99. The van der Waals surface area contributed by atoms with Crippen LogP contribution in [-0.4, -0.2) is 50.7 Å². The first-order valence-corrected chi connectivity index (χ1v) is 6.43. The molecular weight excluding hydrogens is 216 g/mol. The lowest BCUT2D eigenvalue weighted by Gasteiger charge is -2.25. The average Bonchev–Trinajstić information content (AvgIpc) is 2.15. The second-order valence-electron chi connectivity index (χ2n) is 5.32. The van der Waals surface area contributed by atoms with E-state index in [0.717, 1.165) is 13.1 Å². The number of carbonyl (C=O) groups is 1. The van der Waals surface area contributed by atoms with E-state index in [-0.39, 0.29) is 5.91 Å². The maximum absolute atomic E-state index is 11.7. The van der Waals surface area contributed by atoms with Gasteiger partial charge in [-0.2, -0.15) is 0 Å². The van der Waals surface area contributed by atoms with E-state index in [1.54, 1.807) is 7.11 Å². The SMILES string of the molecule is COCCNC(=O)CN(CC(C)C)CC(C)C. The molecule has 0 bridgehead atoms. The molecule has 0 aliphatic carbocycles. The van der Waals surface area contributed by atoms with Crippen molar-refractivity contribution in [3.05, 3.63) is 0 Å². The number of hydrogen-bond donors (Lipinski definition) is 1. The van der Waals surface area contributed by atoms with Gasteiger partial charge >= 0.3 is 0 Å². The highest BCUT2D eigenvalue weighted by Crippen LogP contribution is 2.03. The molecule has 0 saturated heterocycles. The maximum atomic E-state index is 11.7. The molecule has 0 aromatic heterocycles. The molecule has 1 amide bonds. The van der Waals surface area contributed by atoms with E-state index in [0.29, 0.717) is 31.5 Å². The molecule has 1 N–H and O–H groups in total. The Kier molecular flexibility index (Phi) is 9.09. The fraction of sp³-hybridized carbons (Fsp3) is 0.923. The molecule has 4 nitrogen and oxygen atoms in total. The molecule has 0 saturated carbocycles. The molecular formula is C13H28N2O2. The van der Waals surface area contributed by atoms with E-state index >= 15 is 0 Å². The molecule has 0 atom stereocenters. The topological polar surface area (TPSA) is 41.6 Å². The second-order valence-corrected chi connectivity index (χ2v) is 5.32. The first-order chi connectivity index (χ1) is 7.95. The first-order valence-electron chi connectivity index (χ1n) is 6.43. The number of amides is 1. The van der Waals surface area contributed by atoms with Crippen LogP contribution in [0.2, 0.25) is 0 Å². The summed E-state index contributed by atoms with van der Waals surface area (Å²) in [4.78, 5) is 13.9. The predicted octanol–water partition coefficient (Wildman–Crippen LogP) is 1.36. The zero-order chi connectivity index (χ0) is 13.3. The van der Waals surface area contributed by atoms with Crippen molar-refractivity contribution in [2.45, 2.75) is 27.7 Å². The molecule has 17 heavy (non-hydrogen) atoms. The minimum atomic E-state index is 0.0864. The van der Waals surface area contributed by atoms with Crippen molar-refractivity contribution in [2.24, 2.45) is 11.8 Å². The summed E-state index contributed by atoms with van der Waals surface area (Å²) in [5.41, 5.74) is 0. The van der Waals surface area contributed by atoms with Crippen LogP contribution in [0, 0.1) is 11.8 Å². The van der Waals surface area contributed by atoms with Crippen LogP contribution in [0.25, 0.3) is 0 Å². The van der Waals surface area contributed by atoms with Gasteiger partial charge < -0.3 is 10.1 Å². The van der Waals surface area contributed by atoms with Gasteiger partial charge in [0.1, 0.15) is 0 Å².